The van der Waals surface area contributed by atoms with E-state index >= 15 is 0 Å². The highest BCUT2D eigenvalue weighted by molar-refractivity contribution is 4.87. The number of hydrogen-bond acceptors (Lipinski definition) is 1. The van der Waals surface area contributed by atoms with Crippen molar-refractivity contribution < 1.29 is 26.7 Å². The first-order chi connectivity index (χ1) is 6.17. The minimum absolute atomic E-state index is 0.0411. The van der Waals surface area contributed by atoms with Crippen molar-refractivity contribution >= 4 is 0 Å². The van der Waals surface area contributed by atoms with Gasteiger partial charge in [-0.2, -0.15) is 8.78 Å². The summed E-state index contributed by atoms with van der Waals surface area (Å²) >= 11 is 0. The highest BCUT2D eigenvalue weighted by Gasteiger charge is 2.55. The molecule has 0 heterocycles. The first-order valence-electron chi connectivity index (χ1n) is 4.10. The molecule has 86 valence electrons. The molecule has 0 rings (SSSR count). The molecule has 0 aliphatic rings. The molecule has 0 radical (unpaired) electrons. The molecule has 0 aromatic rings. The van der Waals surface area contributed by atoms with E-state index in [4.69, 9.17) is 0 Å². The summed E-state index contributed by atoms with van der Waals surface area (Å²) in [5.41, 5.74) is -1.67. The third-order valence-corrected chi connectivity index (χ3v) is 2.35. The molecular weight excluding hydrogens is 207 g/mol. The Kier molecular flexibility index (Phi) is 4.30. The van der Waals surface area contributed by atoms with Crippen molar-refractivity contribution in [1.29, 1.82) is 0 Å². The van der Waals surface area contributed by atoms with Crippen LogP contribution >= 0.6 is 0 Å². The molecule has 0 aliphatic carbocycles. The maximum Gasteiger partial charge on any atom is 0.348 e. The van der Waals surface area contributed by atoms with Crippen LogP contribution in [0.2, 0.25) is 0 Å². The number of hydrogen-bond donors (Lipinski definition) is 0. The summed E-state index contributed by atoms with van der Waals surface area (Å²) in [6, 6.07) is 0. The number of rotatable bonds is 5. The minimum atomic E-state index is -3.62. The van der Waals surface area contributed by atoms with E-state index in [9.17, 15) is 22.0 Å². The van der Waals surface area contributed by atoms with Crippen molar-refractivity contribution in [3.05, 3.63) is 0 Å². The fraction of sp³-hybridized carbons (Fsp3) is 1.00. The van der Waals surface area contributed by atoms with Crippen LogP contribution in [0.3, 0.4) is 0 Å². The highest BCUT2D eigenvalue weighted by atomic mass is 19.3. The van der Waals surface area contributed by atoms with Crippen molar-refractivity contribution in [2.45, 2.75) is 46.1 Å². The number of halogens is 5. The zero-order chi connectivity index (χ0) is 11.6. The smallest absolute Gasteiger partial charge is 0.279 e. The zero-order valence-electron chi connectivity index (χ0n) is 8.16. The lowest BCUT2D eigenvalue weighted by Gasteiger charge is -2.38. The molecule has 14 heavy (non-hydrogen) atoms. The molecule has 0 saturated heterocycles. The molecule has 1 unspecified atom stereocenters. The van der Waals surface area contributed by atoms with E-state index in [1.54, 1.807) is 0 Å². The summed E-state index contributed by atoms with van der Waals surface area (Å²) in [5.74, 6) is -3.62. The van der Waals surface area contributed by atoms with Gasteiger partial charge in [-0.1, -0.05) is 20.8 Å². The van der Waals surface area contributed by atoms with Crippen molar-refractivity contribution in [3.8, 4) is 0 Å². The maximum absolute atomic E-state index is 13.5. The second-order valence-corrected chi connectivity index (χ2v) is 3.56. The summed E-state index contributed by atoms with van der Waals surface area (Å²) < 4.78 is 65.0. The Morgan fingerprint density at radius 3 is 1.79 bits per heavy atom. The first kappa shape index (κ1) is 13.6. The van der Waals surface area contributed by atoms with E-state index in [0.717, 1.165) is 13.8 Å². The zero-order valence-corrected chi connectivity index (χ0v) is 8.16. The van der Waals surface area contributed by atoms with Crippen LogP contribution in [-0.4, -0.2) is 18.9 Å². The molecule has 6 heteroatoms. The van der Waals surface area contributed by atoms with Crippen LogP contribution < -0.4 is 0 Å². The second-order valence-electron chi connectivity index (χ2n) is 3.56. The lowest BCUT2D eigenvalue weighted by atomic mass is 9.82. The van der Waals surface area contributed by atoms with Gasteiger partial charge in [0.1, 0.15) is 0 Å². The summed E-state index contributed by atoms with van der Waals surface area (Å²) in [7, 11) is 0. The van der Waals surface area contributed by atoms with Crippen LogP contribution in [0.5, 0.6) is 0 Å². The largest absolute Gasteiger partial charge is 0.348 e. The van der Waals surface area contributed by atoms with Gasteiger partial charge < -0.3 is 0 Å². The average molecular weight is 220 g/mol. The Labute approximate surface area is 79.2 Å². The Balaban J connectivity index is 4.89. The fourth-order valence-electron chi connectivity index (χ4n) is 0.877. The van der Waals surface area contributed by atoms with Gasteiger partial charge in [0.2, 0.25) is 0 Å². The van der Waals surface area contributed by atoms with Gasteiger partial charge in [-0.3, -0.25) is 4.74 Å². The van der Waals surface area contributed by atoms with Crippen molar-refractivity contribution in [1.82, 2.24) is 0 Å². The van der Waals surface area contributed by atoms with Crippen LogP contribution in [0.1, 0.15) is 27.2 Å². The van der Waals surface area contributed by atoms with Gasteiger partial charge >= 0.3 is 6.61 Å². The van der Waals surface area contributed by atoms with Crippen LogP contribution in [-0.2, 0) is 4.74 Å². The van der Waals surface area contributed by atoms with Gasteiger partial charge in [0, 0.05) is 5.41 Å². The van der Waals surface area contributed by atoms with Crippen molar-refractivity contribution in [3.63, 3.8) is 0 Å². The molecule has 1 atom stereocenters. The van der Waals surface area contributed by atoms with Crippen LogP contribution in [0.15, 0.2) is 0 Å². The third kappa shape index (κ3) is 2.56. The lowest BCUT2D eigenvalue weighted by Crippen LogP contribution is -2.49. The molecule has 0 aromatic carbocycles. The molecule has 0 aliphatic heterocycles. The van der Waals surface area contributed by atoms with Gasteiger partial charge in [0.15, 0.2) is 0 Å². The number of alkyl halides is 5. The van der Waals surface area contributed by atoms with E-state index < -0.39 is 24.3 Å². The standard InChI is InChI=1S/C8H13F5O/c1-4-7(2,3)8(13,5(9)10)14-6(11)12/h5-6H,4H2,1-3H3. The van der Waals surface area contributed by atoms with Crippen LogP contribution in [0.25, 0.3) is 0 Å². The summed E-state index contributed by atoms with van der Waals surface area (Å²) in [4.78, 5) is 0. The second kappa shape index (κ2) is 4.42. The van der Waals surface area contributed by atoms with Gasteiger partial charge in [0.05, 0.1) is 0 Å². The van der Waals surface area contributed by atoms with E-state index in [2.05, 4.69) is 4.74 Å². The summed E-state index contributed by atoms with van der Waals surface area (Å²) in [6.45, 7) is 0.0917. The molecule has 0 fully saturated rings. The molecule has 0 spiro atoms. The Bertz CT molecular complexity index is 183. The van der Waals surface area contributed by atoms with Crippen LogP contribution in [0.4, 0.5) is 22.0 Å². The topological polar surface area (TPSA) is 9.23 Å². The number of ether oxygens (including phenoxy) is 1. The van der Waals surface area contributed by atoms with E-state index in [1.807, 2.05) is 0 Å². The normalized spacial score (nSPS) is 17.6. The molecule has 0 aromatic heterocycles. The van der Waals surface area contributed by atoms with E-state index in [0.29, 0.717) is 0 Å². The molecule has 0 bridgehead atoms. The molecule has 0 amide bonds. The molecule has 1 nitrogen and oxygen atoms in total. The summed E-state index contributed by atoms with van der Waals surface area (Å²) in [6.07, 6.45) is -3.65. The Morgan fingerprint density at radius 1 is 1.14 bits per heavy atom. The lowest BCUT2D eigenvalue weighted by molar-refractivity contribution is -0.341. The Morgan fingerprint density at radius 2 is 1.57 bits per heavy atom. The average Bonchev–Trinajstić information content (AvgIpc) is 2.02. The summed E-state index contributed by atoms with van der Waals surface area (Å²) in [5, 5.41) is 0. The van der Waals surface area contributed by atoms with Gasteiger partial charge in [-0.15, -0.1) is 0 Å². The SMILES string of the molecule is CCC(C)(C)C(F)(OC(F)F)C(F)F. The highest BCUT2D eigenvalue weighted by Crippen LogP contribution is 2.43. The fourth-order valence-corrected chi connectivity index (χ4v) is 0.877. The first-order valence-corrected chi connectivity index (χ1v) is 4.10. The molecule has 0 saturated carbocycles. The molecule has 0 N–H and O–H groups in total. The molecular formula is C8H13F5O. The van der Waals surface area contributed by atoms with Crippen molar-refractivity contribution in [2.24, 2.45) is 5.41 Å². The predicted molar refractivity (Wildman–Crippen MR) is 41.0 cm³/mol. The van der Waals surface area contributed by atoms with Gasteiger partial charge in [-0.05, 0) is 6.42 Å². The van der Waals surface area contributed by atoms with E-state index in [1.165, 1.54) is 6.92 Å². The van der Waals surface area contributed by atoms with Crippen molar-refractivity contribution in [2.75, 3.05) is 0 Å². The maximum atomic E-state index is 13.5. The monoisotopic (exact) mass is 220 g/mol. The third-order valence-electron chi connectivity index (χ3n) is 2.35. The Hall–Kier alpha value is -0.390. The van der Waals surface area contributed by atoms with E-state index in [-0.39, 0.29) is 6.42 Å². The van der Waals surface area contributed by atoms with Crippen LogP contribution in [0, 0.1) is 5.41 Å². The van der Waals surface area contributed by atoms with Gasteiger partial charge in [-0.25, -0.2) is 13.2 Å². The minimum Gasteiger partial charge on any atom is -0.279 e. The van der Waals surface area contributed by atoms with Gasteiger partial charge in [0.25, 0.3) is 12.3 Å². The predicted octanol–water partition coefficient (Wildman–Crippen LogP) is 3.59. The quantitative estimate of drug-likeness (QED) is 0.643.